The van der Waals surface area contributed by atoms with E-state index in [2.05, 4.69) is 39.5 Å². The highest BCUT2D eigenvalue weighted by Gasteiger charge is 2.36. The van der Waals surface area contributed by atoms with Crippen LogP contribution in [-0.4, -0.2) is 29.6 Å². The molecular formula is C15H32N2. The number of hydrogen-bond acceptors (Lipinski definition) is 2. The molecule has 1 fully saturated rings. The zero-order valence-electron chi connectivity index (χ0n) is 12.5. The molecule has 17 heavy (non-hydrogen) atoms. The van der Waals surface area contributed by atoms with Gasteiger partial charge in [0.2, 0.25) is 0 Å². The van der Waals surface area contributed by atoms with Gasteiger partial charge in [-0.1, -0.05) is 33.1 Å². The molecule has 1 aliphatic rings. The fourth-order valence-electron chi connectivity index (χ4n) is 3.08. The highest BCUT2D eigenvalue weighted by atomic mass is 15.2. The largest absolute Gasteiger partial charge is 0.329 e. The summed E-state index contributed by atoms with van der Waals surface area (Å²) in [5, 5.41) is 0. The predicted molar refractivity (Wildman–Crippen MR) is 76.1 cm³/mol. The van der Waals surface area contributed by atoms with Crippen LogP contribution in [0.25, 0.3) is 0 Å². The zero-order chi connectivity index (χ0) is 13.1. The third kappa shape index (κ3) is 3.96. The number of nitrogens with zero attached hydrogens (tertiary/aromatic N) is 1. The molecule has 0 aromatic rings. The Morgan fingerprint density at radius 3 is 2.12 bits per heavy atom. The van der Waals surface area contributed by atoms with Crippen molar-refractivity contribution in [1.82, 2.24) is 4.90 Å². The highest BCUT2D eigenvalue weighted by Crippen LogP contribution is 2.36. The van der Waals surface area contributed by atoms with E-state index >= 15 is 0 Å². The molecule has 1 saturated carbocycles. The van der Waals surface area contributed by atoms with Gasteiger partial charge in [-0.05, 0) is 39.0 Å². The first-order valence-corrected chi connectivity index (χ1v) is 7.36. The first-order valence-electron chi connectivity index (χ1n) is 7.36. The van der Waals surface area contributed by atoms with Gasteiger partial charge in [-0.15, -0.1) is 0 Å². The number of rotatable bonds is 7. The Morgan fingerprint density at radius 1 is 1.24 bits per heavy atom. The predicted octanol–water partition coefficient (Wildman–Crippen LogP) is 3.26. The fourth-order valence-corrected chi connectivity index (χ4v) is 3.08. The van der Waals surface area contributed by atoms with Gasteiger partial charge in [0.25, 0.3) is 0 Å². The second kappa shape index (κ2) is 6.19. The summed E-state index contributed by atoms with van der Waals surface area (Å²) in [4.78, 5) is 2.63. The molecule has 2 heteroatoms. The molecule has 102 valence electrons. The average molecular weight is 240 g/mol. The van der Waals surface area contributed by atoms with Gasteiger partial charge in [-0.2, -0.15) is 0 Å². The Morgan fingerprint density at radius 2 is 1.82 bits per heavy atom. The van der Waals surface area contributed by atoms with Gasteiger partial charge in [0.15, 0.2) is 0 Å². The minimum absolute atomic E-state index is 0.198. The SMILES string of the molecule is CC(C)CN(C(C)C)C(C)(CN)CC1CCC1. The Hall–Kier alpha value is -0.0800. The quantitative estimate of drug-likeness (QED) is 0.740. The third-order valence-corrected chi connectivity index (χ3v) is 4.27. The van der Waals surface area contributed by atoms with Crippen LogP contribution >= 0.6 is 0 Å². The molecule has 0 amide bonds. The van der Waals surface area contributed by atoms with Crippen LogP contribution in [0, 0.1) is 11.8 Å². The van der Waals surface area contributed by atoms with E-state index in [1.807, 2.05) is 0 Å². The van der Waals surface area contributed by atoms with Crippen molar-refractivity contribution in [3.05, 3.63) is 0 Å². The van der Waals surface area contributed by atoms with Crippen LogP contribution < -0.4 is 5.73 Å². The number of nitrogens with two attached hydrogens (primary N) is 1. The molecule has 1 atom stereocenters. The molecule has 1 unspecified atom stereocenters. The molecule has 0 radical (unpaired) electrons. The van der Waals surface area contributed by atoms with Crippen molar-refractivity contribution < 1.29 is 0 Å². The maximum Gasteiger partial charge on any atom is 0.0309 e. The summed E-state index contributed by atoms with van der Waals surface area (Å²) in [6.45, 7) is 13.5. The van der Waals surface area contributed by atoms with E-state index in [0.29, 0.717) is 12.0 Å². The zero-order valence-corrected chi connectivity index (χ0v) is 12.5. The van der Waals surface area contributed by atoms with Crippen molar-refractivity contribution in [2.45, 2.75) is 71.9 Å². The Bertz CT molecular complexity index is 221. The standard InChI is InChI=1S/C15H32N2/c1-12(2)10-17(13(3)4)15(5,11-16)9-14-7-6-8-14/h12-14H,6-11,16H2,1-5H3. The molecule has 1 aliphatic carbocycles. The first kappa shape index (κ1) is 15.0. The van der Waals surface area contributed by atoms with Crippen molar-refractivity contribution >= 4 is 0 Å². The van der Waals surface area contributed by atoms with E-state index in [0.717, 1.165) is 19.0 Å². The van der Waals surface area contributed by atoms with Gasteiger partial charge >= 0.3 is 0 Å². The summed E-state index contributed by atoms with van der Waals surface area (Å²) in [6, 6.07) is 0.589. The molecule has 0 aromatic carbocycles. The molecule has 0 spiro atoms. The molecule has 2 N–H and O–H groups in total. The van der Waals surface area contributed by atoms with Crippen molar-refractivity contribution in [3.8, 4) is 0 Å². The van der Waals surface area contributed by atoms with Gasteiger partial charge in [0, 0.05) is 24.7 Å². The lowest BCUT2D eigenvalue weighted by Gasteiger charge is -2.47. The Balaban J connectivity index is 2.69. The van der Waals surface area contributed by atoms with E-state index < -0.39 is 0 Å². The average Bonchev–Trinajstić information content (AvgIpc) is 2.19. The van der Waals surface area contributed by atoms with Crippen LogP contribution in [0.4, 0.5) is 0 Å². The van der Waals surface area contributed by atoms with Crippen molar-refractivity contribution in [2.75, 3.05) is 13.1 Å². The topological polar surface area (TPSA) is 29.3 Å². The van der Waals surface area contributed by atoms with E-state index in [1.54, 1.807) is 0 Å². The molecule has 0 heterocycles. The molecule has 0 saturated heterocycles. The van der Waals surface area contributed by atoms with Crippen LogP contribution in [0.5, 0.6) is 0 Å². The maximum atomic E-state index is 6.11. The summed E-state index contributed by atoms with van der Waals surface area (Å²) in [6.07, 6.45) is 5.55. The van der Waals surface area contributed by atoms with Gasteiger partial charge in [0.05, 0.1) is 0 Å². The normalized spacial score (nSPS) is 21.0. The van der Waals surface area contributed by atoms with E-state index in [-0.39, 0.29) is 5.54 Å². The summed E-state index contributed by atoms with van der Waals surface area (Å²) < 4.78 is 0. The third-order valence-electron chi connectivity index (χ3n) is 4.27. The number of hydrogen-bond donors (Lipinski definition) is 1. The van der Waals surface area contributed by atoms with Gasteiger partial charge in [-0.25, -0.2) is 0 Å². The lowest BCUT2D eigenvalue weighted by molar-refractivity contribution is 0.0320. The van der Waals surface area contributed by atoms with E-state index in [9.17, 15) is 0 Å². The van der Waals surface area contributed by atoms with Crippen LogP contribution in [0.2, 0.25) is 0 Å². The fraction of sp³-hybridized carbons (Fsp3) is 1.00. The minimum atomic E-state index is 0.198. The second-order valence-corrected chi connectivity index (χ2v) is 6.84. The summed E-state index contributed by atoms with van der Waals surface area (Å²) >= 11 is 0. The lowest BCUT2D eigenvalue weighted by Crippen LogP contribution is -2.56. The monoisotopic (exact) mass is 240 g/mol. The van der Waals surface area contributed by atoms with Gasteiger partial charge in [0.1, 0.15) is 0 Å². The maximum absolute atomic E-state index is 6.11. The molecule has 1 rings (SSSR count). The van der Waals surface area contributed by atoms with Gasteiger partial charge < -0.3 is 5.73 Å². The smallest absolute Gasteiger partial charge is 0.0309 e. The van der Waals surface area contributed by atoms with Crippen LogP contribution in [0.3, 0.4) is 0 Å². The Labute approximate surface area is 108 Å². The molecule has 0 aliphatic heterocycles. The summed E-state index contributed by atoms with van der Waals surface area (Å²) in [5.74, 6) is 1.64. The van der Waals surface area contributed by atoms with Crippen molar-refractivity contribution in [1.29, 1.82) is 0 Å². The minimum Gasteiger partial charge on any atom is -0.329 e. The van der Waals surface area contributed by atoms with Crippen LogP contribution in [0.1, 0.15) is 60.3 Å². The molecule has 0 aromatic heterocycles. The van der Waals surface area contributed by atoms with Crippen LogP contribution in [-0.2, 0) is 0 Å². The van der Waals surface area contributed by atoms with Crippen molar-refractivity contribution in [3.63, 3.8) is 0 Å². The van der Waals surface area contributed by atoms with E-state index in [1.165, 1.54) is 25.7 Å². The first-order chi connectivity index (χ1) is 7.89. The lowest BCUT2D eigenvalue weighted by atomic mass is 9.75. The summed E-state index contributed by atoms with van der Waals surface area (Å²) in [5.41, 5.74) is 6.30. The molecule has 2 nitrogen and oxygen atoms in total. The highest BCUT2D eigenvalue weighted by molar-refractivity contribution is 4.93. The molecule has 0 bridgehead atoms. The Kier molecular flexibility index (Phi) is 5.46. The van der Waals surface area contributed by atoms with E-state index in [4.69, 9.17) is 5.73 Å². The van der Waals surface area contributed by atoms with Crippen molar-refractivity contribution in [2.24, 2.45) is 17.6 Å². The van der Waals surface area contributed by atoms with Gasteiger partial charge in [-0.3, -0.25) is 4.90 Å². The van der Waals surface area contributed by atoms with Crippen LogP contribution in [0.15, 0.2) is 0 Å². The molecular weight excluding hydrogens is 208 g/mol. The second-order valence-electron chi connectivity index (χ2n) is 6.84. The summed E-state index contributed by atoms with van der Waals surface area (Å²) in [7, 11) is 0.